The van der Waals surface area contributed by atoms with Gasteiger partial charge < -0.3 is 15.2 Å². The van der Waals surface area contributed by atoms with Crippen LogP contribution in [0.15, 0.2) is 24.3 Å². The fourth-order valence-corrected chi connectivity index (χ4v) is 1.66. The second kappa shape index (κ2) is 4.65. The average Bonchev–Trinajstić information content (AvgIpc) is 2.29. The van der Waals surface area contributed by atoms with Gasteiger partial charge >= 0.3 is 0 Å². The third-order valence-electron chi connectivity index (χ3n) is 2.60. The van der Waals surface area contributed by atoms with E-state index in [1.165, 1.54) is 0 Å². The molecule has 0 aliphatic carbocycles. The second-order valence-electron chi connectivity index (χ2n) is 3.65. The van der Waals surface area contributed by atoms with Gasteiger partial charge in [-0.1, -0.05) is 12.1 Å². The highest BCUT2D eigenvalue weighted by Gasteiger charge is 2.33. The van der Waals surface area contributed by atoms with Crippen molar-refractivity contribution >= 4 is 0 Å². The van der Waals surface area contributed by atoms with Gasteiger partial charge in [-0.25, -0.2) is 8.78 Å². The number of halogens is 2. The van der Waals surface area contributed by atoms with E-state index >= 15 is 0 Å². The van der Waals surface area contributed by atoms with Crippen molar-refractivity contribution in [3.05, 3.63) is 24.3 Å². The second-order valence-corrected chi connectivity index (χ2v) is 3.65. The highest BCUT2D eigenvalue weighted by atomic mass is 19.3. The molecule has 88 valence electrons. The normalized spacial score (nSPS) is 20.9. The Hall–Kier alpha value is -1.36. The van der Waals surface area contributed by atoms with Crippen LogP contribution in [0.1, 0.15) is 0 Å². The standard InChI is InChI=1S/C11H13F2NO2/c12-11(13)7(5-14)10-6-15-8-3-1-2-4-9(8)16-10/h1-4,7,10-11H,5-6,14H2. The third kappa shape index (κ3) is 2.09. The quantitative estimate of drug-likeness (QED) is 0.857. The molecule has 0 spiro atoms. The van der Waals surface area contributed by atoms with E-state index in [1.807, 2.05) is 0 Å². The van der Waals surface area contributed by atoms with Crippen molar-refractivity contribution in [2.75, 3.05) is 13.2 Å². The molecule has 1 aromatic rings. The third-order valence-corrected chi connectivity index (χ3v) is 2.60. The van der Waals surface area contributed by atoms with E-state index in [-0.39, 0.29) is 13.2 Å². The van der Waals surface area contributed by atoms with Gasteiger partial charge in [0, 0.05) is 6.54 Å². The van der Waals surface area contributed by atoms with Crippen LogP contribution in [0.2, 0.25) is 0 Å². The molecule has 2 atom stereocenters. The van der Waals surface area contributed by atoms with E-state index in [9.17, 15) is 8.78 Å². The van der Waals surface area contributed by atoms with Crippen LogP contribution >= 0.6 is 0 Å². The minimum absolute atomic E-state index is 0.114. The monoisotopic (exact) mass is 229 g/mol. The molecule has 1 heterocycles. The van der Waals surface area contributed by atoms with E-state index in [2.05, 4.69) is 0 Å². The Kier molecular flexibility index (Phi) is 3.24. The van der Waals surface area contributed by atoms with E-state index in [4.69, 9.17) is 15.2 Å². The van der Waals surface area contributed by atoms with E-state index < -0.39 is 18.4 Å². The summed E-state index contributed by atoms with van der Waals surface area (Å²) in [7, 11) is 0. The number of ether oxygens (including phenoxy) is 2. The van der Waals surface area contributed by atoms with Gasteiger partial charge in [0.15, 0.2) is 11.5 Å². The summed E-state index contributed by atoms with van der Waals surface area (Å²) in [6.45, 7) is -0.00290. The van der Waals surface area contributed by atoms with Crippen molar-refractivity contribution in [2.24, 2.45) is 11.7 Å². The largest absolute Gasteiger partial charge is 0.486 e. The van der Waals surface area contributed by atoms with E-state index in [0.717, 1.165) is 0 Å². The topological polar surface area (TPSA) is 44.5 Å². The lowest BCUT2D eigenvalue weighted by Crippen LogP contribution is -2.43. The summed E-state index contributed by atoms with van der Waals surface area (Å²) < 4.78 is 36.1. The van der Waals surface area contributed by atoms with Gasteiger partial charge in [-0.15, -0.1) is 0 Å². The molecule has 2 N–H and O–H groups in total. The molecule has 0 saturated heterocycles. The zero-order valence-electron chi connectivity index (χ0n) is 8.61. The van der Waals surface area contributed by atoms with Gasteiger partial charge in [0.25, 0.3) is 0 Å². The summed E-state index contributed by atoms with van der Waals surface area (Å²) in [5, 5.41) is 0. The van der Waals surface area contributed by atoms with Crippen LogP contribution in [0.4, 0.5) is 8.78 Å². The molecule has 0 bridgehead atoms. The van der Waals surface area contributed by atoms with Crippen molar-refractivity contribution in [3.63, 3.8) is 0 Å². The molecule has 1 aliphatic heterocycles. The maximum atomic E-state index is 12.6. The maximum absolute atomic E-state index is 12.6. The van der Waals surface area contributed by atoms with Gasteiger partial charge in [0.2, 0.25) is 6.43 Å². The van der Waals surface area contributed by atoms with Gasteiger partial charge in [0.1, 0.15) is 12.7 Å². The number of rotatable bonds is 3. The van der Waals surface area contributed by atoms with Crippen molar-refractivity contribution in [1.29, 1.82) is 0 Å². The lowest BCUT2D eigenvalue weighted by atomic mass is 10.0. The minimum Gasteiger partial charge on any atom is -0.486 e. The number of benzene rings is 1. The van der Waals surface area contributed by atoms with E-state index in [0.29, 0.717) is 11.5 Å². The van der Waals surface area contributed by atoms with Gasteiger partial charge in [-0.05, 0) is 12.1 Å². The zero-order valence-corrected chi connectivity index (χ0v) is 8.61. The van der Waals surface area contributed by atoms with Crippen molar-refractivity contribution in [3.8, 4) is 11.5 Å². The first kappa shape index (κ1) is 11.1. The van der Waals surface area contributed by atoms with Crippen molar-refractivity contribution < 1.29 is 18.3 Å². The number of alkyl halides is 2. The molecule has 0 saturated carbocycles. The lowest BCUT2D eigenvalue weighted by Gasteiger charge is -2.31. The van der Waals surface area contributed by atoms with Gasteiger partial charge in [0.05, 0.1) is 5.92 Å². The summed E-state index contributed by atoms with van der Waals surface area (Å²) in [6.07, 6.45) is -3.18. The fourth-order valence-electron chi connectivity index (χ4n) is 1.66. The van der Waals surface area contributed by atoms with Crippen LogP contribution in [0.3, 0.4) is 0 Å². The molecule has 1 aliphatic rings. The average molecular weight is 229 g/mol. The Morgan fingerprint density at radius 1 is 1.31 bits per heavy atom. The first-order valence-electron chi connectivity index (χ1n) is 5.09. The predicted molar refractivity (Wildman–Crippen MR) is 54.9 cm³/mol. The molecule has 0 fully saturated rings. The van der Waals surface area contributed by atoms with Crippen LogP contribution < -0.4 is 15.2 Å². The summed E-state index contributed by atoms with van der Waals surface area (Å²) in [5.41, 5.74) is 5.31. The molecule has 0 amide bonds. The Bertz CT molecular complexity index is 360. The van der Waals surface area contributed by atoms with E-state index in [1.54, 1.807) is 24.3 Å². The Morgan fingerprint density at radius 3 is 2.62 bits per heavy atom. The Labute approximate surface area is 92.1 Å². The SMILES string of the molecule is NCC(C(F)F)C1COc2ccccc2O1. The van der Waals surface area contributed by atoms with Crippen molar-refractivity contribution in [2.45, 2.75) is 12.5 Å². The lowest BCUT2D eigenvalue weighted by molar-refractivity contribution is -0.0240. The van der Waals surface area contributed by atoms with Crippen LogP contribution in [0.25, 0.3) is 0 Å². The maximum Gasteiger partial charge on any atom is 0.246 e. The van der Waals surface area contributed by atoms with Gasteiger partial charge in [-0.2, -0.15) is 0 Å². The summed E-state index contributed by atoms with van der Waals surface area (Å²) in [5.74, 6) is 0.0926. The van der Waals surface area contributed by atoms with Gasteiger partial charge in [-0.3, -0.25) is 0 Å². The number of nitrogens with two attached hydrogens (primary N) is 1. The molecule has 16 heavy (non-hydrogen) atoms. The highest BCUT2D eigenvalue weighted by Crippen LogP contribution is 2.33. The molecular formula is C11H13F2NO2. The summed E-state index contributed by atoms with van der Waals surface area (Å²) >= 11 is 0. The zero-order chi connectivity index (χ0) is 11.5. The first-order valence-corrected chi connectivity index (χ1v) is 5.09. The number of para-hydroxylation sites is 2. The summed E-state index contributed by atoms with van der Waals surface area (Å²) in [6, 6.07) is 7.01. The smallest absolute Gasteiger partial charge is 0.246 e. The highest BCUT2D eigenvalue weighted by molar-refractivity contribution is 5.40. The number of hydrogen-bond acceptors (Lipinski definition) is 3. The Morgan fingerprint density at radius 2 is 2.00 bits per heavy atom. The molecule has 1 aromatic carbocycles. The van der Waals surface area contributed by atoms with Crippen LogP contribution in [0, 0.1) is 5.92 Å². The fraction of sp³-hybridized carbons (Fsp3) is 0.455. The number of hydrogen-bond donors (Lipinski definition) is 1. The minimum atomic E-state index is -2.50. The Balaban J connectivity index is 2.12. The van der Waals surface area contributed by atoms with Crippen LogP contribution in [-0.4, -0.2) is 25.7 Å². The molecule has 2 unspecified atom stereocenters. The summed E-state index contributed by atoms with van der Waals surface area (Å²) in [4.78, 5) is 0. The molecule has 2 rings (SSSR count). The molecule has 0 aromatic heterocycles. The van der Waals surface area contributed by atoms with Crippen LogP contribution in [-0.2, 0) is 0 Å². The predicted octanol–water partition coefficient (Wildman–Crippen LogP) is 1.67. The molecule has 3 nitrogen and oxygen atoms in total. The molecular weight excluding hydrogens is 216 g/mol. The number of fused-ring (bicyclic) bond motifs is 1. The first-order chi connectivity index (χ1) is 7.72. The molecule has 5 heteroatoms. The molecule has 0 radical (unpaired) electrons. The van der Waals surface area contributed by atoms with Crippen molar-refractivity contribution in [1.82, 2.24) is 0 Å². The van der Waals surface area contributed by atoms with Crippen LogP contribution in [0.5, 0.6) is 11.5 Å².